The van der Waals surface area contributed by atoms with Gasteiger partial charge in [0.2, 0.25) is 0 Å². The van der Waals surface area contributed by atoms with Crippen molar-refractivity contribution in [1.82, 2.24) is 5.32 Å². The second kappa shape index (κ2) is 9.40. The molecule has 2 heterocycles. The Hall–Kier alpha value is -3.12. The fourth-order valence-electron chi connectivity index (χ4n) is 4.78. The SMILES string of the molecule is C=C1Oc2cc(CNC3COC(C(c4ccccc4)c4ccccc4)CC3O)ccc2N1C. The van der Waals surface area contributed by atoms with Crippen molar-refractivity contribution < 1.29 is 14.6 Å². The number of aliphatic hydroxyl groups is 1. The van der Waals surface area contributed by atoms with Gasteiger partial charge in [-0.3, -0.25) is 0 Å². The van der Waals surface area contributed by atoms with Crippen LogP contribution in [0.3, 0.4) is 0 Å². The van der Waals surface area contributed by atoms with Crippen LogP contribution in [-0.4, -0.2) is 37.0 Å². The molecule has 2 aliphatic rings. The van der Waals surface area contributed by atoms with Crippen LogP contribution in [0.1, 0.15) is 29.0 Å². The van der Waals surface area contributed by atoms with Crippen molar-refractivity contribution in [2.75, 3.05) is 18.6 Å². The van der Waals surface area contributed by atoms with E-state index in [1.807, 2.05) is 36.2 Å². The highest BCUT2D eigenvalue weighted by Crippen LogP contribution is 2.38. The minimum absolute atomic E-state index is 0.0851. The zero-order valence-electron chi connectivity index (χ0n) is 18.9. The molecule has 3 atom stereocenters. The van der Waals surface area contributed by atoms with Crippen molar-refractivity contribution in [2.45, 2.75) is 37.1 Å². The molecule has 33 heavy (non-hydrogen) atoms. The summed E-state index contributed by atoms with van der Waals surface area (Å²) in [6, 6.07) is 26.9. The predicted octanol–water partition coefficient (Wildman–Crippen LogP) is 4.43. The number of aliphatic hydroxyl groups excluding tert-OH is 1. The third-order valence-corrected chi connectivity index (χ3v) is 6.67. The molecule has 5 nitrogen and oxygen atoms in total. The molecule has 3 aromatic carbocycles. The minimum atomic E-state index is -0.490. The summed E-state index contributed by atoms with van der Waals surface area (Å²) in [6.07, 6.45) is -0.00242. The maximum Gasteiger partial charge on any atom is 0.193 e. The molecule has 2 N–H and O–H groups in total. The van der Waals surface area contributed by atoms with Crippen LogP contribution in [0.25, 0.3) is 0 Å². The highest BCUT2D eigenvalue weighted by Gasteiger charge is 2.35. The fraction of sp³-hybridized carbons (Fsp3) is 0.286. The molecule has 0 aliphatic carbocycles. The van der Waals surface area contributed by atoms with Crippen LogP contribution >= 0.6 is 0 Å². The van der Waals surface area contributed by atoms with E-state index in [-0.39, 0.29) is 18.1 Å². The van der Waals surface area contributed by atoms with E-state index < -0.39 is 6.10 Å². The first kappa shape index (κ1) is 21.7. The van der Waals surface area contributed by atoms with Crippen molar-refractivity contribution in [3.8, 4) is 5.75 Å². The normalized spacial score (nSPS) is 22.3. The lowest BCUT2D eigenvalue weighted by Gasteiger charge is -2.38. The van der Waals surface area contributed by atoms with Crippen molar-refractivity contribution in [2.24, 2.45) is 0 Å². The molecule has 0 amide bonds. The third-order valence-electron chi connectivity index (χ3n) is 6.67. The van der Waals surface area contributed by atoms with Crippen LogP contribution in [0.4, 0.5) is 5.69 Å². The zero-order chi connectivity index (χ0) is 22.8. The van der Waals surface area contributed by atoms with Crippen molar-refractivity contribution in [3.63, 3.8) is 0 Å². The first-order chi connectivity index (χ1) is 16.1. The summed E-state index contributed by atoms with van der Waals surface area (Å²) in [5.41, 5.74) is 4.52. The Labute approximate surface area is 195 Å². The molecular formula is C28H30N2O3. The van der Waals surface area contributed by atoms with Gasteiger partial charge in [-0.1, -0.05) is 66.7 Å². The molecule has 5 rings (SSSR count). The fourth-order valence-corrected chi connectivity index (χ4v) is 4.78. The van der Waals surface area contributed by atoms with Gasteiger partial charge in [-0.05, 0) is 35.4 Å². The summed E-state index contributed by atoms with van der Waals surface area (Å²) >= 11 is 0. The number of ether oxygens (including phenoxy) is 2. The summed E-state index contributed by atoms with van der Waals surface area (Å²) in [7, 11) is 1.94. The Morgan fingerprint density at radius 2 is 1.70 bits per heavy atom. The smallest absolute Gasteiger partial charge is 0.193 e. The first-order valence-corrected chi connectivity index (χ1v) is 11.5. The van der Waals surface area contributed by atoms with Gasteiger partial charge in [0, 0.05) is 25.9 Å². The highest BCUT2D eigenvalue weighted by atomic mass is 16.5. The van der Waals surface area contributed by atoms with Crippen molar-refractivity contribution in [3.05, 3.63) is 108 Å². The van der Waals surface area contributed by atoms with E-state index >= 15 is 0 Å². The van der Waals surface area contributed by atoms with E-state index in [1.165, 1.54) is 11.1 Å². The maximum atomic E-state index is 11.0. The van der Waals surface area contributed by atoms with E-state index in [2.05, 4.69) is 66.5 Å². The van der Waals surface area contributed by atoms with Crippen molar-refractivity contribution >= 4 is 5.69 Å². The average Bonchev–Trinajstić information content (AvgIpc) is 3.13. The second-order valence-electron chi connectivity index (χ2n) is 8.82. The standard InChI is InChI=1S/C28H30N2O3/c1-19-30(2)24-14-13-20(15-26(24)33-19)17-29-23-18-32-27(16-25(23)31)28(21-9-5-3-6-10-21)22-11-7-4-8-12-22/h3-15,23,25,27-29,31H,1,16-18H2,2H3. The summed E-state index contributed by atoms with van der Waals surface area (Å²) in [5.74, 6) is 1.53. The molecule has 0 aromatic heterocycles. The number of hydrogen-bond donors (Lipinski definition) is 2. The Kier molecular flexibility index (Phi) is 6.18. The summed E-state index contributed by atoms with van der Waals surface area (Å²) < 4.78 is 12.1. The first-order valence-electron chi connectivity index (χ1n) is 11.5. The largest absolute Gasteiger partial charge is 0.439 e. The van der Waals surface area contributed by atoms with Gasteiger partial charge in [-0.2, -0.15) is 0 Å². The summed E-state index contributed by atoms with van der Waals surface area (Å²) in [4.78, 5) is 1.93. The number of fused-ring (bicyclic) bond motifs is 1. The molecule has 0 radical (unpaired) electrons. The maximum absolute atomic E-state index is 11.0. The number of benzene rings is 3. The molecule has 1 fully saturated rings. The zero-order valence-corrected chi connectivity index (χ0v) is 18.9. The van der Waals surface area contributed by atoms with Crippen LogP contribution in [0, 0.1) is 0 Å². The van der Waals surface area contributed by atoms with E-state index in [4.69, 9.17) is 9.47 Å². The van der Waals surface area contributed by atoms with Gasteiger partial charge < -0.3 is 24.8 Å². The Morgan fingerprint density at radius 1 is 1.03 bits per heavy atom. The molecule has 0 bridgehead atoms. The molecule has 3 aromatic rings. The summed E-state index contributed by atoms with van der Waals surface area (Å²) in [5, 5.41) is 14.5. The predicted molar refractivity (Wildman–Crippen MR) is 130 cm³/mol. The van der Waals surface area contributed by atoms with E-state index in [9.17, 15) is 5.11 Å². The number of rotatable bonds is 6. The van der Waals surface area contributed by atoms with E-state index in [0.717, 1.165) is 17.0 Å². The van der Waals surface area contributed by atoms with Crippen LogP contribution < -0.4 is 15.0 Å². The third kappa shape index (κ3) is 4.53. The highest BCUT2D eigenvalue weighted by molar-refractivity contribution is 5.66. The molecule has 0 spiro atoms. The van der Waals surface area contributed by atoms with Crippen LogP contribution in [0.5, 0.6) is 5.75 Å². The molecule has 5 heteroatoms. The van der Waals surface area contributed by atoms with Gasteiger partial charge in [0.1, 0.15) is 0 Å². The van der Waals surface area contributed by atoms with Crippen LogP contribution in [0.2, 0.25) is 0 Å². The summed E-state index contributed by atoms with van der Waals surface area (Å²) in [6.45, 7) is 5.00. The second-order valence-corrected chi connectivity index (χ2v) is 8.82. The number of nitrogens with one attached hydrogen (secondary N) is 1. The van der Waals surface area contributed by atoms with E-state index in [0.29, 0.717) is 25.5 Å². The number of nitrogens with zero attached hydrogens (tertiary/aromatic N) is 1. The quantitative estimate of drug-likeness (QED) is 0.592. The average molecular weight is 443 g/mol. The lowest BCUT2D eigenvalue weighted by molar-refractivity contribution is -0.0718. The molecule has 1 saturated heterocycles. The number of hydrogen-bond acceptors (Lipinski definition) is 5. The van der Waals surface area contributed by atoms with Gasteiger partial charge in [-0.25, -0.2) is 0 Å². The minimum Gasteiger partial charge on any atom is -0.439 e. The molecular weight excluding hydrogens is 412 g/mol. The van der Waals surface area contributed by atoms with Gasteiger partial charge in [-0.15, -0.1) is 0 Å². The number of anilines is 1. The Balaban J connectivity index is 1.25. The van der Waals surface area contributed by atoms with Gasteiger partial charge >= 0.3 is 0 Å². The molecule has 170 valence electrons. The van der Waals surface area contributed by atoms with Gasteiger partial charge in [0.25, 0.3) is 0 Å². The van der Waals surface area contributed by atoms with Crippen LogP contribution in [0.15, 0.2) is 91.3 Å². The van der Waals surface area contributed by atoms with Crippen molar-refractivity contribution in [1.29, 1.82) is 0 Å². The Morgan fingerprint density at radius 3 is 2.33 bits per heavy atom. The lowest BCUT2D eigenvalue weighted by Crippen LogP contribution is -2.50. The molecule has 0 saturated carbocycles. The molecule has 3 unspecified atom stereocenters. The van der Waals surface area contributed by atoms with Crippen LogP contribution in [-0.2, 0) is 11.3 Å². The molecule has 2 aliphatic heterocycles. The topological polar surface area (TPSA) is 54.0 Å². The van der Waals surface area contributed by atoms with E-state index in [1.54, 1.807) is 0 Å². The Bertz CT molecular complexity index is 1060. The van der Waals surface area contributed by atoms with Gasteiger partial charge in [0.15, 0.2) is 11.6 Å². The lowest BCUT2D eigenvalue weighted by atomic mass is 9.82. The van der Waals surface area contributed by atoms with Gasteiger partial charge in [0.05, 0.1) is 30.5 Å². The monoisotopic (exact) mass is 442 g/mol.